The van der Waals surface area contributed by atoms with E-state index in [0.717, 1.165) is 37.9 Å². The van der Waals surface area contributed by atoms with E-state index in [1.54, 1.807) is 26.5 Å². The van der Waals surface area contributed by atoms with Crippen LogP contribution in [-0.2, 0) is 4.79 Å². The number of methoxy groups -OCH3 is 2. The van der Waals surface area contributed by atoms with Gasteiger partial charge in [-0.05, 0) is 37.5 Å². The van der Waals surface area contributed by atoms with Crippen molar-refractivity contribution in [1.29, 1.82) is 5.26 Å². The molecule has 1 amide bonds. The summed E-state index contributed by atoms with van der Waals surface area (Å²) in [6, 6.07) is 7.24. The lowest BCUT2D eigenvalue weighted by molar-refractivity contribution is -0.117. The Balaban J connectivity index is 2.90. The first-order chi connectivity index (χ1) is 13.0. The standard InChI is InChI=1S/C21H31N3O3/c1-6-8-12-24(11-7-2)15-18(14-22)21(25)23-16(3)17-9-10-19(26-4)20(13-17)27-5/h9-10,13,15-16H,6-8,11-12H2,1-5H3,(H,23,25)/b18-15-. The van der Waals surface area contributed by atoms with Crippen LogP contribution in [0.4, 0.5) is 0 Å². The summed E-state index contributed by atoms with van der Waals surface area (Å²) in [6.07, 6.45) is 4.73. The fourth-order valence-corrected chi connectivity index (χ4v) is 2.69. The third kappa shape index (κ3) is 6.86. The Hall–Kier alpha value is -2.68. The highest BCUT2D eigenvalue weighted by molar-refractivity contribution is 5.97. The van der Waals surface area contributed by atoms with Gasteiger partial charge in [-0.3, -0.25) is 4.79 Å². The fraction of sp³-hybridized carbons (Fsp3) is 0.524. The lowest BCUT2D eigenvalue weighted by Gasteiger charge is -2.20. The van der Waals surface area contributed by atoms with Gasteiger partial charge in [0.05, 0.1) is 20.3 Å². The van der Waals surface area contributed by atoms with Gasteiger partial charge in [0, 0.05) is 19.3 Å². The Labute approximate surface area is 162 Å². The van der Waals surface area contributed by atoms with E-state index in [4.69, 9.17) is 9.47 Å². The molecule has 1 atom stereocenters. The summed E-state index contributed by atoms with van der Waals surface area (Å²) < 4.78 is 10.5. The average Bonchev–Trinajstić information content (AvgIpc) is 2.69. The number of nitrogens with one attached hydrogen (secondary N) is 1. The van der Waals surface area contributed by atoms with E-state index in [1.807, 2.05) is 30.0 Å². The van der Waals surface area contributed by atoms with Crippen LogP contribution in [0.5, 0.6) is 11.5 Å². The summed E-state index contributed by atoms with van der Waals surface area (Å²) in [6.45, 7) is 7.74. The first-order valence-electron chi connectivity index (χ1n) is 9.39. The number of rotatable bonds is 11. The first kappa shape index (κ1) is 22.4. The summed E-state index contributed by atoms with van der Waals surface area (Å²) in [5, 5.41) is 12.3. The molecule has 0 aliphatic heterocycles. The van der Waals surface area contributed by atoms with Gasteiger partial charge in [-0.25, -0.2) is 0 Å². The molecule has 0 spiro atoms. The number of carbonyl (C=O) groups excluding carboxylic acids is 1. The zero-order chi connectivity index (χ0) is 20.2. The number of ether oxygens (including phenoxy) is 2. The van der Waals surface area contributed by atoms with Crippen LogP contribution >= 0.6 is 0 Å². The molecule has 1 aromatic carbocycles. The van der Waals surface area contributed by atoms with Crippen LogP contribution in [0.25, 0.3) is 0 Å². The highest BCUT2D eigenvalue weighted by atomic mass is 16.5. The van der Waals surface area contributed by atoms with E-state index in [-0.39, 0.29) is 17.5 Å². The molecular formula is C21H31N3O3. The van der Waals surface area contributed by atoms with E-state index in [9.17, 15) is 10.1 Å². The molecule has 1 rings (SSSR count). The van der Waals surface area contributed by atoms with Crippen molar-refractivity contribution in [3.63, 3.8) is 0 Å². The summed E-state index contributed by atoms with van der Waals surface area (Å²) in [7, 11) is 3.15. The van der Waals surface area contributed by atoms with Crippen molar-refractivity contribution >= 4 is 5.91 Å². The molecule has 6 heteroatoms. The summed E-state index contributed by atoms with van der Waals surface area (Å²) in [4.78, 5) is 14.6. The molecule has 0 aliphatic carbocycles. The maximum Gasteiger partial charge on any atom is 0.263 e. The Morgan fingerprint density at radius 2 is 1.93 bits per heavy atom. The van der Waals surface area contributed by atoms with Crippen LogP contribution in [0.15, 0.2) is 30.0 Å². The van der Waals surface area contributed by atoms with E-state index < -0.39 is 0 Å². The van der Waals surface area contributed by atoms with Crippen LogP contribution in [0.3, 0.4) is 0 Å². The number of unbranched alkanes of at least 4 members (excludes halogenated alkanes) is 1. The lowest BCUT2D eigenvalue weighted by Crippen LogP contribution is -2.29. The number of hydrogen-bond acceptors (Lipinski definition) is 5. The zero-order valence-corrected chi connectivity index (χ0v) is 17.0. The number of benzene rings is 1. The Kier molecular flexibility index (Phi) is 9.81. The quantitative estimate of drug-likeness (QED) is 0.472. The SMILES string of the molecule is CCCCN(/C=C(/C#N)C(=O)NC(C)c1ccc(OC)c(OC)c1)CCC. The molecule has 6 nitrogen and oxygen atoms in total. The van der Waals surface area contributed by atoms with Crippen LogP contribution in [-0.4, -0.2) is 38.1 Å². The predicted octanol–water partition coefficient (Wildman–Crippen LogP) is 3.80. The molecule has 0 fully saturated rings. The third-order valence-electron chi connectivity index (χ3n) is 4.24. The fourth-order valence-electron chi connectivity index (χ4n) is 2.69. The van der Waals surface area contributed by atoms with Crippen LogP contribution in [0.2, 0.25) is 0 Å². The normalized spacial score (nSPS) is 12.1. The number of amides is 1. The van der Waals surface area contributed by atoms with E-state index in [0.29, 0.717) is 11.5 Å². The molecule has 1 N–H and O–H groups in total. The minimum atomic E-state index is -0.377. The van der Waals surface area contributed by atoms with Gasteiger partial charge in [0.25, 0.3) is 5.91 Å². The predicted molar refractivity (Wildman–Crippen MR) is 107 cm³/mol. The molecule has 0 bridgehead atoms. The highest BCUT2D eigenvalue weighted by Gasteiger charge is 2.16. The molecule has 148 valence electrons. The van der Waals surface area contributed by atoms with Gasteiger partial charge in [0.2, 0.25) is 0 Å². The number of carbonyl (C=O) groups is 1. The third-order valence-corrected chi connectivity index (χ3v) is 4.24. The molecule has 0 aromatic heterocycles. The molecule has 1 unspecified atom stereocenters. The highest BCUT2D eigenvalue weighted by Crippen LogP contribution is 2.29. The maximum absolute atomic E-state index is 12.6. The van der Waals surface area contributed by atoms with E-state index >= 15 is 0 Å². The van der Waals surface area contributed by atoms with Crippen molar-refractivity contribution in [3.05, 3.63) is 35.5 Å². The van der Waals surface area contributed by atoms with Gasteiger partial charge in [-0.1, -0.05) is 26.3 Å². The van der Waals surface area contributed by atoms with Crippen molar-refractivity contribution in [2.75, 3.05) is 27.3 Å². The number of hydrogen-bond donors (Lipinski definition) is 1. The topological polar surface area (TPSA) is 74.6 Å². The average molecular weight is 373 g/mol. The molecule has 0 saturated heterocycles. The van der Waals surface area contributed by atoms with E-state index in [2.05, 4.69) is 19.2 Å². The molecule has 27 heavy (non-hydrogen) atoms. The number of nitrogens with zero attached hydrogens (tertiary/aromatic N) is 2. The minimum absolute atomic E-state index is 0.117. The molecule has 0 saturated carbocycles. The first-order valence-corrected chi connectivity index (χ1v) is 9.39. The van der Waals surface area contributed by atoms with Crippen molar-refractivity contribution in [2.24, 2.45) is 0 Å². The summed E-state index contributed by atoms with van der Waals surface area (Å²) in [5.41, 5.74) is 0.988. The smallest absolute Gasteiger partial charge is 0.263 e. The van der Waals surface area contributed by atoms with Crippen molar-refractivity contribution in [3.8, 4) is 17.6 Å². The molecule has 0 radical (unpaired) electrons. The Morgan fingerprint density at radius 1 is 1.22 bits per heavy atom. The second-order valence-electron chi connectivity index (χ2n) is 6.35. The minimum Gasteiger partial charge on any atom is -0.493 e. The maximum atomic E-state index is 12.6. The summed E-state index contributed by atoms with van der Waals surface area (Å²) in [5.74, 6) is 0.849. The summed E-state index contributed by atoms with van der Waals surface area (Å²) >= 11 is 0. The van der Waals surface area contributed by atoms with Gasteiger partial charge >= 0.3 is 0 Å². The van der Waals surface area contributed by atoms with Gasteiger partial charge in [-0.15, -0.1) is 0 Å². The molecule has 0 heterocycles. The lowest BCUT2D eigenvalue weighted by atomic mass is 10.1. The van der Waals surface area contributed by atoms with Gasteiger partial charge in [0.1, 0.15) is 11.6 Å². The van der Waals surface area contributed by atoms with Gasteiger partial charge in [-0.2, -0.15) is 5.26 Å². The molecule has 1 aromatic rings. The van der Waals surface area contributed by atoms with Gasteiger partial charge in [0.15, 0.2) is 11.5 Å². The van der Waals surface area contributed by atoms with E-state index in [1.165, 1.54) is 0 Å². The van der Waals surface area contributed by atoms with Gasteiger partial charge < -0.3 is 19.7 Å². The van der Waals surface area contributed by atoms with Crippen LogP contribution < -0.4 is 14.8 Å². The largest absolute Gasteiger partial charge is 0.493 e. The van der Waals surface area contributed by atoms with Crippen molar-refractivity contribution < 1.29 is 14.3 Å². The molecular weight excluding hydrogens is 342 g/mol. The zero-order valence-electron chi connectivity index (χ0n) is 17.0. The number of nitriles is 1. The molecule has 0 aliphatic rings. The Bertz CT molecular complexity index is 680. The van der Waals surface area contributed by atoms with Crippen molar-refractivity contribution in [1.82, 2.24) is 10.2 Å². The van der Waals surface area contributed by atoms with Crippen LogP contribution in [0.1, 0.15) is 51.6 Å². The second-order valence-corrected chi connectivity index (χ2v) is 6.35. The van der Waals surface area contributed by atoms with Crippen molar-refractivity contribution in [2.45, 2.75) is 46.1 Å². The Morgan fingerprint density at radius 3 is 2.48 bits per heavy atom. The second kappa shape index (κ2) is 11.8. The monoisotopic (exact) mass is 373 g/mol. The van der Waals surface area contributed by atoms with Crippen LogP contribution in [0, 0.1) is 11.3 Å².